The first-order valence-electron chi connectivity index (χ1n) is 6.01. The number of fused-ring (bicyclic) bond motifs is 1. The number of aliphatic imine (C=N–C) groups is 1. The third kappa shape index (κ3) is 2.73. The lowest BCUT2D eigenvalue weighted by Crippen LogP contribution is -2.37. The average molecular weight is 265 g/mol. The predicted molar refractivity (Wildman–Crippen MR) is 76.0 cm³/mol. The Kier molecular flexibility index (Phi) is 4.04. The Hall–Kier alpha value is -1.33. The zero-order chi connectivity index (χ0) is 13.0. The molecule has 0 spiro atoms. The molecule has 0 bridgehead atoms. The van der Waals surface area contributed by atoms with Gasteiger partial charge in [0, 0.05) is 17.8 Å². The molecular formula is C13H19N3OS. The summed E-state index contributed by atoms with van der Waals surface area (Å²) in [6, 6.07) is 2.13. The second-order valence-corrected chi connectivity index (χ2v) is 5.46. The molecule has 1 aliphatic rings. The van der Waals surface area contributed by atoms with Crippen LogP contribution in [0.1, 0.15) is 17.4 Å². The van der Waals surface area contributed by atoms with Gasteiger partial charge in [0.1, 0.15) is 5.60 Å². The summed E-state index contributed by atoms with van der Waals surface area (Å²) < 4.78 is 5.90. The van der Waals surface area contributed by atoms with Crippen LogP contribution in [0.25, 0.3) is 0 Å². The van der Waals surface area contributed by atoms with Crippen molar-refractivity contribution in [3.8, 4) is 0 Å². The van der Waals surface area contributed by atoms with Crippen molar-refractivity contribution in [1.29, 1.82) is 0 Å². The van der Waals surface area contributed by atoms with E-state index in [4.69, 9.17) is 10.5 Å². The number of thiophene rings is 1. The van der Waals surface area contributed by atoms with E-state index in [1.165, 1.54) is 10.4 Å². The molecule has 2 rings (SSSR count). The third-order valence-electron chi connectivity index (χ3n) is 3.04. The van der Waals surface area contributed by atoms with Crippen LogP contribution in [0.4, 0.5) is 0 Å². The van der Waals surface area contributed by atoms with Gasteiger partial charge in [-0.1, -0.05) is 6.08 Å². The fourth-order valence-electron chi connectivity index (χ4n) is 2.05. The van der Waals surface area contributed by atoms with Gasteiger partial charge in [-0.3, -0.25) is 4.99 Å². The Labute approximate surface area is 112 Å². The lowest BCUT2D eigenvalue weighted by Gasteiger charge is -2.33. The second-order valence-electron chi connectivity index (χ2n) is 4.46. The molecule has 0 saturated heterocycles. The molecule has 0 radical (unpaired) electrons. The van der Waals surface area contributed by atoms with Crippen LogP contribution in [0.2, 0.25) is 0 Å². The molecule has 5 heteroatoms. The summed E-state index contributed by atoms with van der Waals surface area (Å²) >= 11 is 1.79. The Morgan fingerprint density at radius 1 is 1.78 bits per heavy atom. The molecule has 4 nitrogen and oxygen atoms in total. The van der Waals surface area contributed by atoms with Gasteiger partial charge in [0.05, 0.1) is 13.2 Å². The van der Waals surface area contributed by atoms with Crippen molar-refractivity contribution in [2.24, 2.45) is 10.7 Å². The number of nitrogens with one attached hydrogen (secondary N) is 1. The molecule has 18 heavy (non-hydrogen) atoms. The monoisotopic (exact) mass is 265 g/mol. The molecule has 98 valence electrons. The molecule has 2 heterocycles. The van der Waals surface area contributed by atoms with Crippen LogP contribution in [0.15, 0.2) is 29.1 Å². The fraction of sp³-hybridized carbons (Fsp3) is 0.462. The van der Waals surface area contributed by atoms with E-state index in [0.717, 1.165) is 13.0 Å². The van der Waals surface area contributed by atoms with E-state index in [0.29, 0.717) is 19.0 Å². The molecule has 1 aliphatic heterocycles. The Morgan fingerprint density at radius 2 is 2.61 bits per heavy atom. The minimum absolute atomic E-state index is 0.353. The molecule has 1 aromatic heterocycles. The lowest BCUT2D eigenvalue weighted by atomic mass is 9.93. The number of nitrogens with zero attached hydrogens (tertiary/aromatic N) is 1. The van der Waals surface area contributed by atoms with E-state index in [-0.39, 0.29) is 5.60 Å². The summed E-state index contributed by atoms with van der Waals surface area (Å²) in [5, 5.41) is 5.08. The van der Waals surface area contributed by atoms with Gasteiger partial charge in [-0.2, -0.15) is 0 Å². The van der Waals surface area contributed by atoms with Crippen LogP contribution in [0, 0.1) is 0 Å². The van der Waals surface area contributed by atoms with Gasteiger partial charge in [-0.15, -0.1) is 17.9 Å². The van der Waals surface area contributed by atoms with Crippen molar-refractivity contribution in [2.75, 3.05) is 19.7 Å². The maximum Gasteiger partial charge on any atom is 0.188 e. The Bertz CT molecular complexity index is 455. The second kappa shape index (κ2) is 5.54. The zero-order valence-corrected chi connectivity index (χ0v) is 11.4. The Balaban J connectivity index is 2.07. The number of hydrogen-bond donors (Lipinski definition) is 2. The van der Waals surface area contributed by atoms with E-state index in [2.05, 4.69) is 35.3 Å². The van der Waals surface area contributed by atoms with Crippen molar-refractivity contribution < 1.29 is 4.74 Å². The van der Waals surface area contributed by atoms with Crippen LogP contribution < -0.4 is 11.1 Å². The zero-order valence-electron chi connectivity index (χ0n) is 10.6. The van der Waals surface area contributed by atoms with E-state index in [1.807, 2.05) is 0 Å². The van der Waals surface area contributed by atoms with E-state index in [1.54, 1.807) is 17.4 Å². The van der Waals surface area contributed by atoms with Crippen LogP contribution in [0.5, 0.6) is 0 Å². The molecular weight excluding hydrogens is 246 g/mol. The highest BCUT2D eigenvalue weighted by atomic mass is 32.1. The van der Waals surface area contributed by atoms with Gasteiger partial charge in [0.15, 0.2) is 5.96 Å². The average Bonchev–Trinajstić information content (AvgIpc) is 2.84. The topological polar surface area (TPSA) is 59.6 Å². The number of guanidine groups is 1. The fourth-order valence-corrected chi connectivity index (χ4v) is 3.03. The highest BCUT2D eigenvalue weighted by Gasteiger charge is 2.33. The first-order chi connectivity index (χ1) is 8.65. The Morgan fingerprint density at radius 3 is 3.39 bits per heavy atom. The summed E-state index contributed by atoms with van der Waals surface area (Å²) in [7, 11) is 0. The maximum absolute atomic E-state index is 5.90. The quantitative estimate of drug-likeness (QED) is 0.494. The van der Waals surface area contributed by atoms with E-state index in [9.17, 15) is 0 Å². The summed E-state index contributed by atoms with van der Waals surface area (Å²) in [6.07, 6.45) is 2.74. The van der Waals surface area contributed by atoms with Gasteiger partial charge >= 0.3 is 0 Å². The SMILES string of the molecule is C=CCNC(N)=NCC1(C)OCCc2sccc21. The summed E-state index contributed by atoms with van der Waals surface area (Å²) in [6.45, 7) is 7.60. The minimum Gasteiger partial charge on any atom is -0.370 e. The normalized spacial score (nSPS) is 23.5. The molecule has 0 fully saturated rings. The first kappa shape index (κ1) is 13.1. The summed E-state index contributed by atoms with van der Waals surface area (Å²) in [4.78, 5) is 5.75. The molecule has 0 aromatic carbocycles. The maximum atomic E-state index is 5.90. The van der Waals surface area contributed by atoms with Gasteiger partial charge in [-0.05, 0) is 23.9 Å². The third-order valence-corrected chi connectivity index (χ3v) is 4.02. The number of ether oxygens (including phenoxy) is 1. The van der Waals surface area contributed by atoms with Crippen molar-refractivity contribution in [3.63, 3.8) is 0 Å². The van der Waals surface area contributed by atoms with Gasteiger partial charge < -0.3 is 15.8 Å². The molecule has 1 atom stereocenters. The molecule has 0 amide bonds. The summed E-state index contributed by atoms with van der Waals surface area (Å²) in [5.74, 6) is 0.432. The van der Waals surface area contributed by atoms with Crippen LogP contribution in [-0.2, 0) is 16.8 Å². The van der Waals surface area contributed by atoms with Gasteiger partial charge in [-0.25, -0.2) is 0 Å². The molecule has 1 unspecified atom stereocenters. The highest BCUT2D eigenvalue weighted by Crippen LogP contribution is 2.36. The number of hydrogen-bond acceptors (Lipinski definition) is 3. The first-order valence-corrected chi connectivity index (χ1v) is 6.89. The molecule has 0 saturated carbocycles. The standard InChI is InChI=1S/C13H19N3OS/c1-3-6-15-12(14)16-9-13(2)10-5-8-18-11(10)4-7-17-13/h3,5,8H,1,4,6-7,9H2,2H3,(H3,14,15,16). The van der Waals surface area contributed by atoms with Gasteiger partial charge in [0.2, 0.25) is 0 Å². The van der Waals surface area contributed by atoms with Crippen molar-refractivity contribution in [1.82, 2.24) is 5.32 Å². The molecule has 1 aromatic rings. The number of rotatable bonds is 4. The minimum atomic E-state index is -0.353. The lowest BCUT2D eigenvalue weighted by molar-refractivity contribution is -0.0375. The molecule has 3 N–H and O–H groups in total. The molecule has 0 aliphatic carbocycles. The van der Waals surface area contributed by atoms with E-state index < -0.39 is 0 Å². The van der Waals surface area contributed by atoms with E-state index >= 15 is 0 Å². The van der Waals surface area contributed by atoms with Crippen LogP contribution in [-0.4, -0.2) is 25.7 Å². The predicted octanol–water partition coefficient (Wildman–Crippen LogP) is 1.63. The largest absolute Gasteiger partial charge is 0.370 e. The van der Waals surface area contributed by atoms with Gasteiger partial charge in [0.25, 0.3) is 0 Å². The van der Waals surface area contributed by atoms with Crippen LogP contribution >= 0.6 is 11.3 Å². The van der Waals surface area contributed by atoms with Crippen LogP contribution in [0.3, 0.4) is 0 Å². The van der Waals surface area contributed by atoms with Crippen molar-refractivity contribution >= 4 is 17.3 Å². The van der Waals surface area contributed by atoms with Crippen molar-refractivity contribution in [2.45, 2.75) is 18.9 Å². The smallest absolute Gasteiger partial charge is 0.188 e. The number of nitrogens with two attached hydrogens (primary N) is 1. The highest BCUT2D eigenvalue weighted by molar-refractivity contribution is 7.10. The summed E-state index contributed by atoms with van der Waals surface area (Å²) in [5.41, 5.74) is 6.67. The van der Waals surface area contributed by atoms with Crippen molar-refractivity contribution in [3.05, 3.63) is 34.5 Å².